The number of carbonyl (C=O) groups is 1. The van der Waals surface area contributed by atoms with Crippen LogP contribution in [0.2, 0.25) is 0 Å². The van der Waals surface area contributed by atoms with Crippen LogP contribution in [0, 0.1) is 5.82 Å². The molecule has 1 heterocycles. The number of ether oxygens (including phenoxy) is 1. The Labute approximate surface area is 124 Å². The summed E-state index contributed by atoms with van der Waals surface area (Å²) in [7, 11) is 0. The quantitative estimate of drug-likeness (QED) is 0.781. The highest BCUT2D eigenvalue weighted by atomic mass is 32.1. The number of benzene rings is 2. The molecule has 0 fully saturated rings. The van der Waals surface area contributed by atoms with Gasteiger partial charge in [-0.05, 0) is 35.0 Å². The number of thiophene rings is 1. The number of hydrogen-bond donors (Lipinski definition) is 1. The molecule has 3 aromatic rings. The van der Waals surface area contributed by atoms with Crippen molar-refractivity contribution in [3.05, 3.63) is 64.8 Å². The van der Waals surface area contributed by atoms with E-state index in [1.807, 2.05) is 29.6 Å². The normalized spacial score (nSPS) is 10.7. The molecule has 0 atom stereocenters. The van der Waals surface area contributed by atoms with Gasteiger partial charge in [0, 0.05) is 10.3 Å². The average Bonchev–Trinajstić information content (AvgIpc) is 2.89. The second kappa shape index (κ2) is 5.54. The molecule has 0 saturated carbocycles. The van der Waals surface area contributed by atoms with Crippen molar-refractivity contribution < 1.29 is 19.0 Å². The van der Waals surface area contributed by atoms with Crippen LogP contribution < -0.4 is 4.74 Å². The molecular weight excluding hydrogens is 291 g/mol. The lowest BCUT2D eigenvalue weighted by molar-refractivity contribution is 0.0696. The van der Waals surface area contributed by atoms with Crippen LogP contribution in [0.5, 0.6) is 5.75 Å². The lowest BCUT2D eigenvalue weighted by Crippen LogP contribution is -2.00. The van der Waals surface area contributed by atoms with Crippen molar-refractivity contribution in [2.24, 2.45) is 0 Å². The van der Waals surface area contributed by atoms with E-state index in [0.29, 0.717) is 0 Å². The first kappa shape index (κ1) is 13.6. The van der Waals surface area contributed by atoms with E-state index in [2.05, 4.69) is 0 Å². The third-order valence-corrected chi connectivity index (χ3v) is 4.14. The molecule has 1 aromatic heterocycles. The molecule has 0 aliphatic heterocycles. The molecule has 3 rings (SSSR count). The Morgan fingerprint density at radius 2 is 2.05 bits per heavy atom. The molecule has 0 saturated heterocycles. The van der Waals surface area contributed by atoms with Gasteiger partial charge in [-0.3, -0.25) is 0 Å². The smallest absolute Gasteiger partial charge is 0.335 e. The van der Waals surface area contributed by atoms with Crippen molar-refractivity contribution in [2.75, 3.05) is 0 Å². The SMILES string of the molecule is O=C(O)c1ccc(OCc2csc3ccccc23)c(F)c1. The Bertz CT molecular complexity index is 810. The summed E-state index contributed by atoms with van der Waals surface area (Å²) in [4.78, 5) is 10.7. The van der Waals surface area contributed by atoms with Crippen LogP contribution in [0.3, 0.4) is 0 Å². The van der Waals surface area contributed by atoms with Gasteiger partial charge in [-0.1, -0.05) is 18.2 Å². The van der Waals surface area contributed by atoms with Gasteiger partial charge in [-0.25, -0.2) is 9.18 Å². The zero-order valence-electron chi connectivity index (χ0n) is 10.9. The van der Waals surface area contributed by atoms with E-state index >= 15 is 0 Å². The Hall–Kier alpha value is -2.40. The first-order valence-corrected chi connectivity index (χ1v) is 7.14. The second-order valence-corrected chi connectivity index (χ2v) is 5.41. The maximum absolute atomic E-state index is 13.8. The molecular formula is C16H11FO3S. The zero-order chi connectivity index (χ0) is 14.8. The molecule has 0 radical (unpaired) electrons. The molecule has 2 aromatic carbocycles. The van der Waals surface area contributed by atoms with Gasteiger partial charge in [-0.2, -0.15) is 0 Å². The Morgan fingerprint density at radius 1 is 1.24 bits per heavy atom. The Balaban J connectivity index is 1.80. The molecule has 0 aliphatic rings. The molecule has 0 bridgehead atoms. The summed E-state index contributed by atoms with van der Waals surface area (Å²) in [6, 6.07) is 11.6. The largest absolute Gasteiger partial charge is 0.486 e. The number of carboxylic acid groups (broad SMARTS) is 1. The van der Waals surface area contributed by atoms with Crippen molar-refractivity contribution in [1.29, 1.82) is 0 Å². The summed E-state index contributed by atoms with van der Waals surface area (Å²) in [5.41, 5.74) is 0.887. The van der Waals surface area contributed by atoms with E-state index in [0.717, 1.165) is 21.7 Å². The molecule has 106 valence electrons. The summed E-state index contributed by atoms with van der Waals surface area (Å²) >= 11 is 1.61. The van der Waals surface area contributed by atoms with E-state index in [4.69, 9.17) is 9.84 Å². The van der Waals surface area contributed by atoms with Crippen LogP contribution in [0.4, 0.5) is 4.39 Å². The minimum absolute atomic E-state index is 0.0512. The summed E-state index contributed by atoms with van der Waals surface area (Å²) in [6.45, 7) is 0.243. The van der Waals surface area contributed by atoms with E-state index < -0.39 is 11.8 Å². The minimum Gasteiger partial charge on any atom is -0.486 e. The van der Waals surface area contributed by atoms with Crippen molar-refractivity contribution >= 4 is 27.4 Å². The Kier molecular flexibility index (Phi) is 3.58. The number of aromatic carboxylic acids is 1. The summed E-state index contributed by atoms with van der Waals surface area (Å²) in [6.07, 6.45) is 0. The van der Waals surface area contributed by atoms with Crippen LogP contribution in [0.1, 0.15) is 15.9 Å². The number of carboxylic acids is 1. The van der Waals surface area contributed by atoms with Crippen LogP contribution in [0.25, 0.3) is 10.1 Å². The molecule has 5 heteroatoms. The average molecular weight is 302 g/mol. The van der Waals surface area contributed by atoms with Gasteiger partial charge in [-0.15, -0.1) is 11.3 Å². The van der Waals surface area contributed by atoms with Crippen LogP contribution in [-0.4, -0.2) is 11.1 Å². The topological polar surface area (TPSA) is 46.5 Å². The van der Waals surface area contributed by atoms with Gasteiger partial charge in [0.1, 0.15) is 6.61 Å². The molecule has 0 aliphatic carbocycles. The lowest BCUT2D eigenvalue weighted by Gasteiger charge is -2.07. The zero-order valence-corrected chi connectivity index (χ0v) is 11.7. The maximum atomic E-state index is 13.8. The highest BCUT2D eigenvalue weighted by molar-refractivity contribution is 7.17. The highest BCUT2D eigenvalue weighted by Gasteiger charge is 2.10. The van der Waals surface area contributed by atoms with E-state index in [-0.39, 0.29) is 17.9 Å². The molecule has 0 amide bonds. The third kappa shape index (κ3) is 2.73. The van der Waals surface area contributed by atoms with Gasteiger partial charge < -0.3 is 9.84 Å². The monoisotopic (exact) mass is 302 g/mol. The summed E-state index contributed by atoms with van der Waals surface area (Å²) in [5.74, 6) is -1.78. The summed E-state index contributed by atoms with van der Waals surface area (Å²) < 4.78 is 20.4. The fourth-order valence-corrected chi connectivity index (χ4v) is 3.00. The number of hydrogen-bond acceptors (Lipinski definition) is 3. The predicted molar refractivity (Wildman–Crippen MR) is 79.5 cm³/mol. The number of halogens is 1. The Morgan fingerprint density at radius 3 is 2.81 bits per heavy atom. The number of rotatable bonds is 4. The van der Waals surface area contributed by atoms with E-state index in [1.165, 1.54) is 12.1 Å². The van der Waals surface area contributed by atoms with Crippen molar-refractivity contribution in [3.63, 3.8) is 0 Å². The van der Waals surface area contributed by atoms with Crippen LogP contribution in [-0.2, 0) is 6.61 Å². The van der Waals surface area contributed by atoms with Crippen LogP contribution in [0.15, 0.2) is 47.8 Å². The third-order valence-electron chi connectivity index (χ3n) is 3.12. The van der Waals surface area contributed by atoms with Gasteiger partial charge in [0.2, 0.25) is 0 Å². The van der Waals surface area contributed by atoms with Gasteiger partial charge in [0.25, 0.3) is 0 Å². The molecule has 21 heavy (non-hydrogen) atoms. The lowest BCUT2D eigenvalue weighted by atomic mass is 10.2. The van der Waals surface area contributed by atoms with Crippen molar-refractivity contribution in [1.82, 2.24) is 0 Å². The standard InChI is InChI=1S/C16H11FO3S/c17-13-7-10(16(18)19)5-6-14(13)20-8-11-9-21-15-4-2-1-3-12(11)15/h1-7,9H,8H2,(H,18,19). The van der Waals surface area contributed by atoms with Crippen LogP contribution >= 0.6 is 11.3 Å². The predicted octanol–water partition coefficient (Wildman–Crippen LogP) is 4.32. The molecule has 0 spiro atoms. The molecule has 1 N–H and O–H groups in total. The van der Waals surface area contributed by atoms with E-state index in [9.17, 15) is 9.18 Å². The fourth-order valence-electron chi connectivity index (χ4n) is 2.05. The van der Waals surface area contributed by atoms with Gasteiger partial charge in [0.15, 0.2) is 11.6 Å². The van der Waals surface area contributed by atoms with Crippen molar-refractivity contribution in [2.45, 2.75) is 6.61 Å². The van der Waals surface area contributed by atoms with E-state index in [1.54, 1.807) is 11.3 Å². The number of fused-ring (bicyclic) bond motifs is 1. The minimum atomic E-state index is -1.16. The molecule has 3 nitrogen and oxygen atoms in total. The van der Waals surface area contributed by atoms with Crippen molar-refractivity contribution in [3.8, 4) is 5.75 Å². The fraction of sp³-hybridized carbons (Fsp3) is 0.0625. The molecule has 0 unspecified atom stereocenters. The van der Waals surface area contributed by atoms with Gasteiger partial charge >= 0.3 is 5.97 Å². The summed E-state index contributed by atoms with van der Waals surface area (Å²) in [5, 5.41) is 11.9. The first-order valence-electron chi connectivity index (χ1n) is 6.26. The highest BCUT2D eigenvalue weighted by Crippen LogP contribution is 2.27. The maximum Gasteiger partial charge on any atom is 0.335 e. The van der Waals surface area contributed by atoms with Gasteiger partial charge in [0.05, 0.1) is 5.56 Å². The first-order chi connectivity index (χ1) is 10.1. The second-order valence-electron chi connectivity index (χ2n) is 4.50.